The maximum absolute atomic E-state index is 11.9. The molecule has 1 aliphatic carbocycles. The molecule has 0 aliphatic heterocycles. The van der Waals surface area contributed by atoms with Crippen molar-refractivity contribution in [1.82, 2.24) is 0 Å². The van der Waals surface area contributed by atoms with Crippen LogP contribution in [0.15, 0.2) is 0 Å². The standard InChI is InChI=1S/C12H13N3O2/c1-4-10(3)11(6-13,7-14)12(10,8-15)9(16)17-5-2/h4-5H2,1-3H3/t10-,12-/m0/s1. The molecule has 0 unspecified atom stereocenters. The van der Waals surface area contributed by atoms with Crippen molar-refractivity contribution in [2.75, 3.05) is 6.61 Å². The van der Waals surface area contributed by atoms with E-state index in [-0.39, 0.29) is 6.61 Å². The highest BCUT2D eigenvalue weighted by atomic mass is 16.5. The van der Waals surface area contributed by atoms with Crippen molar-refractivity contribution in [3.05, 3.63) is 0 Å². The Hall–Kier alpha value is -2.06. The Balaban J connectivity index is 3.40. The van der Waals surface area contributed by atoms with Gasteiger partial charge in [0.05, 0.1) is 24.8 Å². The second kappa shape index (κ2) is 3.75. The van der Waals surface area contributed by atoms with E-state index < -0.39 is 22.2 Å². The maximum Gasteiger partial charge on any atom is 0.329 e. The summed E-state index contributed by atoms with van der Waals surface area (Å²) in [4.78, 5) is 11.9. The lowest BCUT2D eigenvalue weighted by Gasteiger charge is -2.11. The van der Waals surface area contributed by atoms with Crippen LogP contribution in [0.25, 0.3) is 0 Å². The van der Waals surface area contributed by atoms with Crippen molar-refractivity contribution in [1.29, 1.82) is 15.8 Å². The quantitative estimate of drug-likeness (QED) is 0.686. The Labute approximate surface area is 100 Å². The molecule has 1 saturated carbocycles. The van der Waals surface area contributed by atoms with E-state index in [0.717, 1.165) is 0 Å². The Morgan fingerprint density at radius 1 is 1.18 bits per heavy atom. The van der Waals surface area contributed by atoms with E-state index >= 15 is 0 Å². The molecule has 5 heteroatoms. The number of rotatable bonds is 3. The predicted octanol–water partition coefficient (Wildman–Crippen LogP) is 1.52. The zero-order valence-electron chi connectivity index (χ0n) is 10.1. The van der Waals surface area contributed by atoms with Crippen molar-refractivity contribution in [3.63, 3.8) is 0 Å². The minimum absolute atomic E-state index is 0.120. The lowest BCUT2D eigenvalue weighted by molar-refractivity contribution is -0.149. The van der Waals surface area contributed by atoms with Crippen LogP contribution in [-0.2, 0) is 9.53 Å². The molecule has 17 heavy (non-hydrogen) atoms. The number of carbonyl (C=O) groups is 1. The lowest BCUT2D eigenvalue weighted by Crippen LogP contribution is -2.25. The van der Waals surface area contributed by atoms with Crippen molar-refractivity contribution >= 4 is 5.97 Å². The molecule has 0 heterocycles. The molecule has 1 aliphatic rings. The van der Waals surface area contributed by atoms with E-state index in [1.807, 2.05) is 18.2 Å². The SMILES string of the molecule is CCOC(=O)[C@]1(C#N)C(C#N)(C#N)[C@]1(C)CC. The second-order valence-corrected chi connectivity index (χ2v) is 4.24. The monoisotopic (exact) mass is 231 g/mol. The van der Waals surface area contributed by atoms with Gasteiger partial charge in [-0.25, -0.2) is 0 Å². The Morgan fingerprint density at radius 3 is 1.94 bits per heavy atom. The number of carbonyl (C=O) groups excluding carboxylic acids is 1. The number of hydrogen-bond acceptors (Lipinski definition) is 5. The van der Waals surface area contributed by atoms with E-state index in [4.69, 9.17) is 4.74 Å². The van der Waals surface area contributed by atoms with Gasteiger partial charge in [0.15, 0.2) is 10.8 Å². The summed E-state index contributed by atoms with van der Waals surface area (Å²) in [5.41, 5.74) is -4.23. The fourth-order valence-electron chi connectivity index (χ4n) is 2.62. The first-order valence-electron chi connectivity index (χ1n) is 5.39. The summed E-state index contributed by atoms with van der Waals surface area (Å²) in [6, 6.07) is 5.53. The molecule has 2 atom stereocenters. The Morgan fingerprint density at radius 2 is 1.71 bits per heavy atom. The van der Waals surface area contributed by atoms with Gasteiger partial charge >= 0.3 is 5.97 Å². The van der Waals surface area contributed by atoms with E-state index in [0.29, 0.717) is 6.42 Å². The van der Waals surface area contributed by atoms with Crippen molar-refractivity contribution in [2.24, 2.45) is 16.2 Å². The van der Waals surface area contributed by atoms with Gasteiger partial charge < -0.3 is 4.74 Å². The summed E-state index contributed by atoms with van der Waals surface area (Å²) in [5.74, 6) is -0.769. The average molecular weight is 231 g/mol. The molecule has 0 amide bonds. The van der Waals surface area contributed by atoms with Crippen molar-refractivity contribution in [3.8, 4) is 18.2 Å². The number of ether oxygens (including phenoxy) is 1. The first-order chi connectivity index (χ1) is 7.97. The van der Waals surface area contributed by atoms with Crippen molar-refractivity contribution in [2.45, 2.75) is 27.2 Å². The van der Waals surface area contributed by atoms with Crippen LogP contribution in [-0.4, -0.2) is 12.6 Å². The first-order valence-corrected chi connectivity index (χ1v) is 5.39. The van der Waals surface area contributed by atoms with Gasteiger partial charge in [-0.15, -0.1) is 0 Å². The normalized spacial score (nSPS) is 32.7. The predicted molar refractivity (Wildman–Crippen MR) is 56.7 cm³/mol. The number of hydrogen-bond donors (Lipinski definition) is 0. The highest BCUT2D eigenvalue weighted by molar-refractivity contribution is 5.90. The molecule has 0 N–H and O–H groups in total. The van der Waals surface area contributed by atoms with Crippen molar-refractivity contribution < 1.29 is 9.53 Å². The van der Waals surface area contributed by atoms with E-state index in [2.05, 4.69) is 0 Å². The van der Waals surface area contributed by atoms with Gasteiger partial charge in [-0.2, -0.15) is 15.8 Å². The molecule has 0 aromatic carbocycles. The van der Waals surface area contributed by atoms with Crippen LogP contribution >= 0.6 is 0 Å². The third kappa shape index (κ3) is 1.03. The van der Waals surface area contributed by atoms with Crippen LogP contribution in [0.2, 0.25) is 0 Å². The highest BCUT2D eigenvalue weighted by Crippen LogP contribution is 2.79. The molecule has 1 fully saturated rings. The smallest absolute Gasteiger partial charge is 0.329 e. The molecule has 5 nitrogen and oxygen atoms in total. The molecule has 1 rings (SSSR count). The Bertz CT molecular complexity index is 465. The zero-order valence-corrected chi connectivity index (χ0v) is 10.1. The molecule has 0 bridgehead atoms. The van der Waals surface area contributed by atoms with Crippen LogP contribution in [0.1, 0.15) is 27.2 Å². The number of esters is 1. The molecule has 0 radical (unpaired) electrons. The molecule has 0 spiro atoms. The third-order valence-corrected chi connectivity index (χ3v) is 3.95. The van der Waals surface area contributed by atoms with Gasteiger partial charge in [0, 0.05) is 5.41 Å². The summed E-state index contributed by atoms with van der Waals surface area (Å²) in [5, 5.41) is 27.6. The minimum Gasteiger partial charge on any atom is -0.465 e. The van der Waals surface area contributed by atoms with E-state index in [1.54, 1.807) is 20.8 Å². The summed E-state index contributed by atoms with van der Waals surface area (Å²) in [6.07, 6.45) is 0.389. The average Bonchev–Trinajstić information content (AvgIpc) is 2.84. The summed E-state index contributed by atoms with van der Waals surface area (Å²) < 4.78 is 4.85. The highest BCUT2D eigenvalue weighted by Gasteiger charge is 2.91. The van der Waals surface area contributed by atoms with E-state index in [1.165, 1.54) is 0 Å². The summed E-state index contributed by atoms with van der Waals surface area (Å²) in [6.45, 7) is 5.10. The topological polar surface area (TPSA) is 97.7 Å². The van der Waals surface area contributed by atoms with E-state index in [9.17, 15) is 20.6 Å². The maximum atomic E-state index is 11.9. The van der Waals surface area contributed by atoms with Gasteiger partial charge in [-0.3, -0.25) is 4.79 Å². The van der Waals surface area contributed by atoms with Gasteiger partial charge in [0.25, 0.3) is 0 Å². The van der Waals surface area contributed by atoms with Crippen LogP contribution in [0.5, 0.6) is 0 Å². The summed E-state index contributed by atoms with van der Waals surface area (Å²) in [7, 11) is 0. The first kappa shape index (κ1) is 13.0. The van der Waals surface area contributed by atoms with Crippen LogP contribution in [0.4, 0.5) is 0 Å². The summed E-state index contributed by atoms with van der Waals surface area (Å²) >= 11 is 0. The van der Waals surface area contributed by atoms with Gasteiger partial charge in [-0.05, 0) is 13.3 Å². The minimum atomic E-state index is -1.66. The zero-order chi connectivity index (χ0) is 13.3. The number of nitrogens with zero attached hydrogens (tertiary/aromatic N) is 3. The fraction of sp³-hybridized carbons (Fsp3) is 0.667. The fourth-order valence-corrected chi connectivity index (χ4v) is 2.62. The lowest BCUT2D eigenvalue weighted by atomic mass is 9.93. The van der Waals surface area contributed by atoms with Gasteiger partial charge in [0.1, 0.15) is 0 Å². The van der Waals surface area contributed by atoms with Gasteiger partial charge in [-0.1, -0.05) is 13.8 Å². The molecule has 0 saturated heterocycles. The van der Waals surface area contributed by atoms with Gasteiger partial charge in [0.2, 0.25) is 0 Å². The molecular formula is C12H13N3O2. The third-order valence-electron chi connectivity index (χ3n) is 3.95. The molecule has 0 aromatic heterocycles. The molecular weight excluding hydrogens is 218 g/mol. The second-order valence-electron chi connectivity index (χ2n) is 4.24. The van der Waals surface area contributed by atoms with Crippen LogP contribution in [0.3, 0.4) is 0 Å². The number of nitriles is 3. The molecule has 88 valence electrons. The van der Waals surface area contributed by atoms with Crippen LogP contribution in [0, 0.1) is 50.2 Å². The largest absolute Gasteiger partial charge is 0.465 e. The molecule has 0 aromatic rings. The van der Waals surface area contributed by atoms with Crippen LogP contribution < -0.4 is 0 Å². The Kier molecular flexibility index (Phi) is 2.87.